The van der Waals surface area contributed by atoms with E-state index in [1.807, 2.05) is 6.07 Å². The van der Waals surface area contributed by atoms with Crippen molar-refractivity contribution in [1.82, 2.24) is 4.57 Å². The van der Waals surface area contributed by atoms with Crippen molar-refractivity contribution in [3.8, 4) is 11.8 Å². The van der Waals surface area contributed by atoms with E-state index in [0.717, 1.165) is 6.08 Å². The van der Waals surface area contributed by atoms with Crippen molar-refractivity contribution in [3.63, 3.8) is 0 Å². The molecule has 0 unspecified atom stereocenters. The number of hydrogen-bond acceptors (Lipinski definition) is 2. The second kappa shape index (κ2) is 6.59. The first-order valence-corrected chi connectivity index (χ1v) is 7.05. The second-order valence-corrected chi connectivity index (χ2v) is 5.39. The number of benzene rings is 1. The molecule has 0 aliphatic carbocycles. The molecule has 2 aromatic rings. The predicted molar refractivity (Wildman–Crippen MR) is 84.3 cm³/mol. The van der Waals surface area contributed by atoms with Crippen molar-refractivity contribution in [2.45, 2.75) is 6.18 Å². The van der Waals surface area contributed by atoms with Gasteiger partial charge in [0.05, 0.1) is 26.9 Å². The molecule has 1 heterocycles. The quantitative estimate of drug-likeness (QED) is 0.785. The fourth-order valence-corrected chi connectivity index (χ4v) is 2.61. The lowest BCUT2D eigenvalue weighted by Gasteiger charge is -2.15. The van der Waals surface area contributed by atoms with E-state index in [1.54, 1.807) is 0 Å². The molecule has 1 aromatic carbocycles. The molecule has 9 heteroatoms. The van der Waals surface area contributed by atoms with Gasteiger partial charge in [0.15, 0.2) is 0 Å². The summed E-state index contributed by atoms with van der Waals surface area (Å²) in [6, 6.07) is 4.62. The Morgan fingerprint density at radius 1 is 1.29 bits per heavy atom. The van der Waals surface area contributed by atoms with E-state index < -0.39 is 17.6 Å². The summed E-state index contributed by atoms with van der Waals surface area (Å²) in [5, 5.41) is 10.8. The van der Waals surface area contributed by atoms with Crippen LogP contribution < -0.4 is 5.32 Å². The number of carbonyl (C=O) groups excluding carboxylic acids is 1. The molecule has 0 bridgehead atoms. The molecule has 24 heavy (non-hydrogen) atoms. The molecule has 0 fully saturated rings. The highest BCUT2D eigenvalue weighted by Crippen LogP contribution is 2.38. The average molecular weight is 374 g/mol. The third-order valence-electron chi connectivity index (χ3n) is 2.97. The predicted octanol–water partition coefficient (Wildman–Crippen LogP) is 4.80. The summed E-state index contributed by atoms with van der Waals surface area (Å²) in [6.07, 6.45) is -2.32. The van der Waals surface area contributed by atoms with E-state index in [2.05, 4.69) is 11.9 Å². The molecule has 0 spiro atoms. The number of nitriles is 1. The number of nitrogens with one attached hydrogen (secondary N) is 1. The molecule has 0 saturated heterocycles. The van der Waals surface area contributed by atoms with Crippen LogP contribution in [-0.2, 0) is 11.0 Å². The van der Waals surface area contributed by atoms with Gasteiger partial charge >= 0.3 is 6.18 Å². The lowest BCUT2D eigenvalue weighted by molar-refractivity contribution is -0.137. The van der Waals surface area contributed by atoms with Crippen LogP contribution in [0, 0.1) is 11.3 Å². The minimum Gasteiger partial charge on any atom is -0.308 e. The van der Waals surface area contributed by atoms with E-state index in [9.17, 15) is 18.0 Å². The van der Waals surface area contributed by atoms with E-state index in [0.29, 0.717) is 12.1 Å². The molecule has 0 aliphatic rings. The Kier molecular flexibility index (Phi) is 4.92. The van der Waals surface area contributed by atoms with Gasteiger partial charge in [0.25, 0.3) is 0 Å². The number of hydrogen-bond donors (Lipinski definition) is 1. The van der Waals surface area contributed by atoms with Gasteiger partial charge in [-0.15, -0.1) is 0 Å². The SMILES string of the molecule is C=CC(=O)Nc1cc(C#N)cn1-c1c(Cl)cc(C(F)(F)F)cc1Cl. The van der Waals surface area contributed by atoms with Gasteiger partial charge in [-0.1, -0.05) is 29.8 Å². The van der Waals surface area contributed by atoms with Crippen molar-refractivity contribution in [3.05, 3.63) is 58.2 Å². The van der Waals surface area contributed by atoms with Gasteiger partial charge in [-0.2, -0.15) is 18.4 Å². The standard InChI is InChI=1S/C15H8Cl2F3N3O/c1-2-13(24)22-12-3-8(6-21)7-23(12)14-10(16)4-9(5-11(14)17)15(18,19)20/h2-5,7H,1H2,(H,22,24). The molecule has 1 amide bonds. The third-order valence-corrected chi connectivity index (χ3v) is 3.55. The second-order valence-electron chi connectivity index (χ2n) is 4.58. The van der Waals surface area contributed by atoms with Crippen LogP contribution in [0.1, 0.15) is 11.1 Å². The van der Waals surface area contributed by atoms with E-state index in [4.69, 9.17) is 28.5 Å². The largest absolute Gasteiger partial charge is 0.416 e. The zero-order valence-corrected chi connectivity index (χ0v) is 13.3. The number of amides is 1. The number of carbonyl (C=O) groups is 1. The molecule has 2 rings (SSSR count). The van der Waals surface area contributed by atoms with Gasteiger partial charge in [0, 0.05) is 6.20 Å². The molecule has 4 nitrogen and oxygen atoms in total. The van der Waals surface area contributed by atoms with Crippen molar-refractivity contribution in [2.24, 2.45) is 0 Å². The topological polar surface area (TPSA) is 57.8 Å². The van der Waals surface area contributed by atoms with Crippen molar-refractivity contribution in [2.75, 3.05) is 5.32 Å². The molecule has 0 aliphatic heterocycles. The lowest BCUT2D eigenvalue weighted by Crippen LogP contribution is -2.12. The van der Waals surface area contributed by atoms with Crippen molar-refractivity contribution >= 4 is 34.9 Å². The number of aromatic nitrogens is 1. The Morgan fingerprint density at radius 2 is 1.88 bits per heavy atom. The van der Waals surface area contributed by atoms with E-state index in [1.165, 1.54) is 16.8 Å². The summed E-state index contributed by atoms with van der Waals surface area (Å²) in [6.45, 7) is 3.30. The smallest absolute Gasteiger partial charge is 0.308 e. The summed E-state index contributed by atoms with van der Waals surface area (Å²) >= 11 is 11.9. The minimum atomic E-state index is -4.61. The molecule has 1 aromatic heterocycles. The van der Waals surface area contributed by atoms with Crippen LogP contribution >= 0.6 is 23.2 Å². The molecule has 1 N–H and O–H groups in total. The molecular weight excluding hydrogens is 366 g/mol. The van der Waals surface area contributed by atoms with Crippen LogP contribution in [0.5, 0.6) is 0 Å². The summed E-state index contributed by atoms with van der Waals surface area (Å²) in [7, 11) is 0. The number of halogens is 5. The van der Waals surface area contributed by atoms with Gasteiger partial charge in [-0.05, 0) is 24.3 Å². The number of anilines is 1. The number of rotatable bonds is 3. The Balaban J connectivity index is 2.64. The first kappa shape index (κ1) is 17.9. The normalized spacial score (nSPS) is 11.0. The Hall–Kier alpha value is -2.43. The summed E-state index contributed by atoms with van der Waals surface area (Å²) in [4.78, 5) is 11.5. The van der Waals surface area contributed by atoms with Crippen LogP contribution in [0.2, 0.25) is 10.0 Å². The fourth-order valence-electron chi connectivity index (χ4n) is 1.94. The Bertz CT molecular complexity index is 843. The zero-order chi connectivity index (χ0) is 18.1. The molecule has 124 valence electrons. The highest BCUT2D eigenvalue weighted by atomic mass is 35.5. The maximum absolute atomic E-state index is 12.8. The van der Waals surface area contributed by atoms with Gasteiger partial charge in [0.2, 0.25) is 5.91 Å². The molecule has 0 radical (unpaired) electrons. The maximum atomic E-state index is 12.8. The summed E-state index contributed by atoms with van der Waals surface area (Å²) in [5.41, 5.74) is -0.848. The molecular formula is C15H8Cl2F3N3O. The maximum Gasteiger partial charge on any atom is 0.416 e. The van der Waals surface area contributed by atoms with E-state index in [-0.39, 0.29) is 27.1 Å². The zero-order valence-electron chi connectivity index (χ0n) is 11.8. The molecule has 0 atom stereocenters. The Labute approximate surface area is 144 Å². The number of nitrogens with zero attached hydrogens (tertiary/aromatic N) is 2. The van der Waals surface area contributed by atoms with Crippen LogP contribution in [0.4, 0.5) is 19.0 Å². The monoisotopic (exact) mass is 373 g/mol. The van der Waals surface area contributed by atoms with Crippen LogP contribution in [0.15, 0.2) is 37.1 Å². The van der Waals surface area contributed by atoms with Gasteiger partial charge in [-0.3, -0.25) is 9.36 Å². The first-order chi connectivity index (χ1) is 11.2. The highest BCUT2D eigenvalue weighted by molar-refractivity contribution is 6.38. The Morgan fingerprint density at radius 3 is 2.33 bits per heavy atom. The van der Waals surface area contributed by atoms with E-state index >= 15 is 0 Å². The fraction of sp³-hybridized carbons (Fsp3) is 0.0667. The lowest BCUT2D eigenvalue weighted by atomic mass is 10.2. The average Bonchev–Trinajstić information content (AvgIpc) is 2.88. The van der Waals surface area contributed by atoms with Crippen LogP contribution in [0.3, 0.4) is 0 Å². The van der Waals surface area contributed by atoms with Gasteiger partial charge < -0.3 is 5.32 Å². The van der Waals surface area contributed by atoms with Crippen LogP contribution in [-0.4, -0.2) is 10.5 Å². The summed E-state index contributed by atoms with van der Waals surface area (Å²) in [5.74, 6) is -0.460. The summed E-state index contributed by atoms with van der Waals surface area (Å²) < 4.78 is 39.6. The third kappa shape index (κ3) is 3.55. The highest BCUT2D eigenvalue weighted by Gasteiger charge is 2.32. The minimum absolute atomic E-state index is 0.00666. The van der Waals surface area contributed by atoms with Gasteiger partial charge in [0.1, 0.15) is 11.9 Å². The van der Waals surface area contributed by atoms with Crippen molar-refractivity contribution in [1.29, 1.82) is 5.26 Å². The van der Waals surface area contributed by atoms with Gasteiger partial charge in [-0.25, -0.2) is 0 Å². The van der Waals surface area contributed by atoms with Crippen LogP contribution in [0.25, 0.3) is 5.69 Å². The first-order valence-electron chi connectivity index (χ1n) is 6.30. The van der Waals surface area contributed by atoms with Crippen molar-refractivity contribution < 1.29 is 18.0 Å². The number of alkyl halides is 3. The molecule has 0 saturated carbocycles.